The molecule has 4 aromatic carbocycles. The Morgan fingerprint density at radius 2 is 1.07 bits per heavy atom. The molecule has 0 aliphatic carbocycles. The molecule has 0 saturated heterocycles. The number of hydrogen-bond donors (Lipinski definition) is 0. The molecular formula is C38H36N4O3. The van der Waals surface area contributed by atoms with Crippen LogP contribution in [0.25, 0.3) is 11.4 Å². The van der Waals surface area contributed by atoms with Gasteiger partial charge in [-0.05, 0) is 68.0 Å². The van der Waals surface area contributed by atoms with E-state index >= 15 is 0 Å². The van der Waals surface area contributed by atoms with E-state index in [4.69, 9.17) is 4.74 Å². The highest BCUT2D eigenvalue weighted by molar-refractivity contribution is 5.90. The number of nitrogens with zero attached hydrogens (tertiary/aromatic N) is 4. The zero-order valence-corrected chi connectivity index (χ0v) is 25.3. The van der Waals surface area contributed by atoms with Gasteiger partial charge in [-0.25, -0.2) is 14.2 Å². The summed E-state index contributed by atoms with van der Waals surface area (Å²) < 4.78 is 8.69. The fourth-order valence-electron chi connectivity index (χ4n) is 4.93. The fraction of sp³-hybridized carbons (Fsp3) is 0.158. The molecule has 0 unspecified atom stereocenters. The molecule has 0 aliphatic rings. The summed E-state index contributed by atoms with van der Waals surface area (Å²) >= 11 is 0. The first-order valence-electron chi connectivity index (χ1n) is 15.1. The van der Waals surface area contributed by atoms with Crippen molar-refractivity contribution in [1.29, 1.82) is 0 Å². The summed E-state index contributed by atoms with van der Waals surface area (Å²) in [5.74, 6) is -0.317. The SMILES string of the molecule is CCOC(=O)c1cn(-c2ccccc2)nc1CCc1ccccc1.O=Cc1cn(-c2ccccc2)nc1CCc1ccccc1. The first kappa shape index (κ1) is 30.9. The quantitative estimate of drug-likeness (QED) is 0.116. The molecule has 45 heavy (non-hydrogen) atoms. The van der Waals surface area contributed by atoms with Gasteiger partial charge in [0, 0.05) is 12.4 Å². The first-order chi connectivity index (χ1) is 22.1. The summed E-state index contributed by atoms with van der Waals surface area (Å²) in [5, 5.41) is 9.17. The van der Waals surface area contributed by atoms with Crippen LogP contribution in [-0.4, -0.2) is 38.4 Å². The number of carbonyl (C=O) groups is 2. The number of hydrogen-bond acceptors (Lipinski definition) is 5. The second kappa shape index (κ2) is 15.8. The van der Waals surface area contributed by atoms with Gasteiger partial charge in [-0.3, -0.25) is 4.79 Å². The molecule has 0 fully saturated rings. The van der Waals surface area contributed by atoms with E-state index in [9.17, 15) is 9.59 Å². The third-order valence-electron chi connectivity index (χ3n) is 7.26. The Labute approximate surface area is 263 Å². The van der Waals surface area contributed by atoms with Crippen molar-refractivity contribution in [2.45, 2.75) is 32.6 Å². The molecule has 0 amide bonds. The number of benzene rings is 4. The number of carbonyl (C=O) groups excluding carboxylic acids is 2. The number of esters is 1. The molecule has 0 saturated carbocycles. The zero-order valence-electron chi connectivity index (χ0n) is 25.3. The van der Waals surface area contributed by atoms with Crippen molar-refractivity contribution in [3.63, 3.8) is 0 Å². The minimum atomic E-state index is -0.317. The second-order valence-corrected chi connectivity index (χ2v) is 10.4. The summed E-state index contributed by atoms with van der Waals surface area (Å²) in [7, 11) is 0. The summed E-state index contributed by atoms with van der Waals surface area (Å²) in [4.78, 5) is 23.5. The minimum Gasteiger partial charge on any atom is -0.462 e. The van der Waals surface area contributed by atoms with Crippen molar-refractivity contribution in [3.8, 4) is 11.4 Å². The Morgan fingerprint density at radius 1 is 0.622 bits per heavy atom. The standard InChI is InChI=1S/C20H20N2O2.C18H16N2O/c1-2-24-20(23)18-15-22(17-11-7-4-8-12-17)21-19(18)14-13-16-9-5-3-6-10-16;21-14-16-13-20(17-9-5-2-6-10-17)19-18(16)12-11-15-7-3-1-4-8-15/h3-12,15H,2,13-14H2,1H3;1-10,13-14H,11-12H2. The van der Waals surface area contributed by atoms with Gasteiger partial charge in [-0.15, -0.1) is 0 Å². The fourth-order valence-corrected chi connectivity index (χ4v) is 4.93. The van der Waals surface area contributed by atoms with E-state index in [0.29, 0.717) is 24.2 Å². The summed E-state index contributed by atoms with van der Waals surface area (Å²) in [5.41, 5.74) is 7.18. The van der Waals surface area contributed by atoms with Crippen molar-refractivity contribution in [3.05, 3.63) is 167 Å². The molecule has 226 valence electrons. The largest absolute Gasteiger partial charge is 0.462 e. The zero-order chi connectivity index (χ0) is 31.3. The smallest absolute Gasteiger partial charge is 0.341 e. The molecule has 0 spiro atoms. The number of rotatable bonds is 11. The van der Waals surface area contributed by atoms with Crippen molar-refractivity contribution in [2.75, 3.05) is 6.61 Å². The monoisotopic (exact) mass is 596 g/mol. The van der Waals surface area contributed by atoms with E-state index in [2.05, 4.69) is 34.5 Å². The van der Waals surface area contributed by atoms with Crippen LogP contribution in [0.15, 0.2) is 134 Å². The van der Waals surface area contributed by atoms with Gasteiger partial charge in [0.05, 0.1) is 34.9 Å². The predicted octanol–water partition coefficient (Wildman–Crippen LogP) is 7.30. The van der Waals surface area contributed by atoms with Crippen molar-refractivity contribution in [1.82, 2.24) is 19.6 Å². The van der Waals surface area contributed by atoms with Gasteiger partial charge in [-0.2, -0.15) is 10.2 Å². The van der Waals surface area contributed by atoms with Crippen molar-refractivity contribution in [2.24, 2.45) is 0 Å². The van der Waals surface area contributed by atoms with Gasteiger partial charge in [-0.1, -0.05) is 97.1 Å². The molecule has 0 N–H and O–H groups in total. The number of aryl methyl sites for hydroxylation is 4. The van der Waals surface area contributed by atoms with Crippen LogP contribution in [0.3, 0.4) is 0 Å². The third-order valence-corrected chi connectivity index (χ3v) is 7.26. The molecule has 0 bridgehead atoms. The molecule has 2 heterocycles. The van der Waals surface area contributed by atoms with Gasteiger partial charge < -0.3 is 4.74 Å². The van der Waals surface area contributed by atoms with E-state index < -0.39 is 0 Å². The van der Waals surface area contributed by atoms with E-state index in [0.717, 1.165) is 48.3 Å². The van der Waals surface area contributed by atoms with Gasteiger partial charge >= 0.3 is 5.97 Å². The summed E-state index contributed by atoms with van der Waals surface area (Å²) in [6, 6.07) is 40.0. The van der Waals surface area contributed by atoms with Crippen LogP contribution in [0.5, 0.6) is 0 Å². The second-order valence-electron chi connectivity index (χ2n) is 10.4. The maximum Gasteiger partial charge on any atom is 0.341 e. The van der Waals surface area contributed by atoms with Crippen LogP contribution in [0, 0.1) is 0 Å². The van der Waals surface area contributed by atoms with Crippen LogP contribution in [0.2, 0.25) is 0 Å². The molecule has 2 aromatic heterocycles. The molecule has 6 aromatic rings. The molecule has 7 nitrogen and oxygen atoms in total. The average molecular weight is 597 g/mol. The number of ether oxygens (including phenoxy) is 1. The van der Waals surface area contributed by atoms with Gasteiger partial charge in [0.15, 0.2) is 6.29 Å². The molecule has 0 radical (unpaired) electrons. The Morgan fingerprint density at radius 3 is 1.56 bits per heavy atom. The van der Waals surface area contributed by atoms with Gasteiger partial charge in [0.1, 0.15) is 5.56 Å². The Kier molecular flexibility index (Phi) is 10.8. The average Bonchev–Trinajstić information content (AvgIpc) is 3.73. The molecule has 0 atom stereocenters. The minimum absolute atomic E-state index is 0.317. The number of para-hydroxylation sites is 2. The Balaban J connectivity index is 0.000000179. The Bertz CT molecular complexity index is 1780. The lowest BCUT2D eigenvalue weighted by molar-refractivity contribution is 0.0525. The topological polar surface area (TPSA) is 79.0 Å². The van der Waals surface area contributed by atoms with Crippen LogP contribution < -0.4 is 0 Å². The summed E-state index contributed by atoms with van der Waals surface area (Å²) in [6.45, 7) is 2.16. The third kappa shape index (κ3) is 8.51. The van der Waals surface area contributed by atoms with E-state index in [1.54, 1.807) is 21.8 Å². The van der Waals surface area contributed by atoms with Gasteiger partial charge in [0.25, 0.3) is 0 Å². The maximum atomic E-state index is 12.2. The lowest BCUT2D eigenvalue weighted by Gasteiger charge is -2.02. The van der Waals surface area contributed by atoms with E-state index in [-0.39, 0.29) is 5.97 Å². The highest BCUT2D eigenvalue weighted by atomic mass is 16.5. The van der Waals surface area contributed by atoms with Gasteiger partial charge in [0.2, 0.25) is 0 Å². The van der Waals surface area contributed by atoms with Crippen LogP contribution in [0.1, 0.15) is 50.2 Å². The maximum absolute atomic E-state index is 12.2. The highest BCUT2D eigenvalue weighted by Crippen LogP contribution is 2.17. The first-order valence-corrected chi connectivity index (χ1v) is 15.1. The van der Waals surface area contributed by atoms with Crippen LogP contribution in [0.4, 0.5) is 0 Å². The highest BCUT2D eigenvalue weighted by Gasteiger charge is 2.18. The van der Waals surface area contributed by atoms with E-state index in [1.165, 1.54) is 11.1 Å². The number of aromatic nitrogens is 4. The van der Waals surface area contributed by atoms with E-state index in [1.807, 2.05) is 104 Å². The van der Waals surface area contributed by atoms with Crippen LogP contribution in [-0.2, 0) is 30.4 Å². The molecule has 6 rings (SSSR count). The predicted molar refractivity (Wildman–Crippen MR) is 176 cm³/mol. The van der Waals surface area contributed by atoms with Crippen molar-refractivity contribution >= 4 is 12.3 Å². The summed E-state index contributed by atoms with van der Waals surface area (Å²) in [6.07, 6.45) is 7.60. The lowest BCUT2D eigenvalue weighted by atomic mass is 10.1. The normalized spacial score (nSPS) is 10.5. The molecular weight excluding hydrogens is 560 g/mol. The lowest BCUT2D eigenvalue weighted by Crippen LogP contribution is -2.07. The Hall–Kier alpha value is -5.56. The molecule has 0 aliphatic heterocycles. The molecule has 7 heteroatoms. The van der Waals surface area contributed by atoms with Crippen LogP contribution >= 0.6 is 0 Å². The number of aldehydes is 1. The van der Waals surface area contributed by atoms with Crippen molar-refractivity contribution < 1.29 is 14.3 Å².